The number of ether oxygens (including phenoxy) is 1. The molecule has 0 spiro atoms. The zero-order valence-corrected chi connectivity index (χ0v) is 17.8. The molecule has 0 radical (unpaired) electrons. The molecule has 152 valence electrons. The number of nitrogens with zero attached hydrogens (tertiary/aromatic N) is 3. The average molecular weight is 411 g/mol. The molecule has 0 aliphatic heterocycles. The molecule has 1 N–H and O–H groups in total. The number of anilines is 1. The summed E-state index contributed by atoms with van der Waals surface area (Å²) in [4.78, 5) is 12.5. The third kappa shape index (κ3) is 5.92. The summed E-state index contributed by atoms with van der Waals surface area (Å²) in [5.41, 5.74) is 4.18. The van der Waals surface area contributed by atoms with Crippen LogP contribution < -0.4 is 5.32 Å². The van der Waals surface area contributed by atoms with Crippen molar-refractivity contribution in [2.24, 2.45) is 0 Å². The smallest absolute Gasteiger partial charge is 0.234 e. The summed E-state index contributed by atoms with van der Waals surface area (Å²) < 4.78 is 7.27. The Hall–Kier alpha value is -2.64. The van der Waals surface area contributed by atoms with Gasteiger partial charge >= 0.3 is 0 Å². The fraction of sp³-hybridized carbons (Fsp3) is 0.318. The molecule has 0 bridgehead atoms. The highest BCUT2D eigenvalue weighted by molar-refractivity contribution is 7.99. The molecule has 3 aromatic rings. The van der Waals surface area contributed by atoms with Gasteiger partial charge in [0.2, 0.25) is 5.91 Å². The summed E-state index contributed by atoms with van der Waals surface area (Å²) in [7, 11) is 1.67. The maximum absolute atomic E-state index is 12.5. The van der Waals surface area contributed by atoms with Gasteiger partial charge in [0.15, 0.2) is 5.16 Å². The number of benzene rings is 2. The maximum Gasteiger partial charge on any atom is 0.234 e. The van der Waals surface area contributed by atoms with Crippen LogP contribution in [-0.2, 0) is 22.5 Å². The van der Waals surface area contributed by atoms with E-state index in [0.717, 1.165) is 27.8 Å². The van der Waals surface area contributed by atoms with Crippen molar-refractivity contribution < 1.29 is 9.53 Å². The van der Waals surface area contributed by atoms with Crippen LogP contribution in [-0.4, -0.2) is 40.1 Å². The van der Waals surface area contributed by atoms with Crippen molar-refractivity contribution in [3.8, 4) is 0 Å². The Balaban J connectivity index is 1.67. The number of methoxy groups -OCH3 is 1. The number of thioether (sulfide) groups is 1. The zero-order chi connectivity index (χ0) is 20.6. The van der Waals surface area contributed by atoms with Crippen LogP contribution in [0.1, 0.15) is 22.5 Å². The first kappa shape index (κ1) is 21.1. The lowest BCUT2D eigenvalue weighted by Gasteiger charge is -2.11. The van der Waals surface area contributed by atoms with Crippen molar-refractivity contribution in [3.63, 3.8) is 0 Å². The van der Waals surface area contributed by atoms with Gasteiger partial charge in [-0.25, -0.2) is 0 Å². The normalized spacial score (nSPS) is 10.9. The summed E-state index contributed by atoms with van der Waals surface area (Å²) in [5, 5.41) is 12.4. The first-order valence-corrected chi connectivity index (χ1v) is 10.5. The quantitative estimate of drug-likeness (QED) is 0.543. The number of amides is 1. The Morgan fingerprint density at radius 3 is 2.69 bits per heavy atom. The van der Waals surface area contributed by atoms with Crippen molar-refractivity contribution in [2.45, 2.75) is 32.0 Å². The predicted octanol–water partition coefficient (Wildman–Crippen LogP) is 3.86. The molecule has 2 aromatic carbocycles. The molecular formula is C22H26N4O2S. The number of aromatic nitrogens is 3. The molecule has 7 heteroatoms. The van der Waals surface area contributed by atoms with Crippen molar-refractivity contribution in [1.82, 2.24) is 14.8 Å². The third-order valence-corrected chi connectivity index (χ3v) is 5.48. The van der Waals surface area contributed by atoms with Gasteiger partial charge in [-0.1, -0.05) is 54.2 Å². The molecule has 0 saturated heterocycles. The van der Waals surface area contributed by atoms with Crippen LogP contribution in [0, 0.1) is 13.8 Å². The van der Waals surface area contributed by atoms with Crippen LogP contribution in [0.4, 0.5) is 5.69 Å². The van der Waals surface area contributed by atoms with E-state index in [0.29, 0.717) is 19.6 Å². The minimum absolute atomic E-state index is 0.0606. The van der Waals surface area contributed by atoms with Gasteiger partial charge in [0.05, 0.1) is 12.4 Å². The molecule has 0 atom stereocenters. The lowest BCUT2D eigenvalue weighted by Crippen LogP contribution is -2.16. The van der Waals surface area contributed by atoms with Crippen molar-refractivity contribution in [2.75, 3.05) is 24.8 Å². The SMILES string of the molecule is COCCn1c(Cc2ccccc2)nnc1SCC(=O)Nc1cc(C)ccc1C. The highest BCUT2D eigenvalue weighted by Crippen LogP contribution is 2.21. The van der Waals surface area contributed by atoms with E-state index in [1.165, 1.54) is 17.3 Å². The second-order valence-electron chi connectivity index (χ2n) is 6.86. The molecule has 0 aliphatic carbocycles. The van der Waals surface area contributed by atoms with Crippen molar-refractivity contribution in [1.29, 1.82) is 0 Å². The highest BCUT2D eigenvalue weighted by Gasteiger charge is 2.15. The Kier molecular flexibility index (Phi) is 7.43. The second kappa shape index (κ2) is 10.2. The predicted molar refractivity (Wildman–Crippen MR) is 116 cm³/mol. The lowest BCUT2D eigenvalue weighted by molar-refractivity contribution is -0.113. The monoisotopic (exact) mass is 410 g/mol. The van der Waals surface area contributed by atoms with Gasteiger partial charge in [-0.3, -0.25) is 4.79 Å². The van der Waals surface area contributed by atoms with Crippen molar-refractivity contribution in [3.05, 3.63) is 71.0 Å². The maximum atomic E-state index is 12.5. The van der Waals surface area contributed by atoms with Gasteiger partial charge in [-0.15, -0.1) is 10.2 Å². The van der Waals surface area contributed by atoms with E-state index >= 15 is 0 Å². The minimum atomic E-state index is -0.0606. The van der Waals surface area contributed by atoms with E-state index in [4.69, 9.17) is 4.74 Å². The standard InChI is InChI=1S/C22H26N4O2S/c1-16-9-10-17(2)19(13-16)23-21(27)15-29-22-25-24-20(26(22)11-12-28-3)14-18-7-5-4-6-8-18/h4-10,13H,11-12,14-15H2,1-3H3,(H,23,27). The Bertz CT molecular complexity index is 957. The van der Waals surface area contributed by atoms with E-state index in [1.807, 2.05) is 54.8 Å². The molecule has 6 nitrogen and oxygen atoms in total. The fourth-order valence-electron chi connectivity index (χ4n) is 2.93. The van der Waals surface area contributed by atoms with Gasteiger partial charge in [0.1, 0.15) is 5.82 Å². The highest BCUT2D eigenvalue weighted by atomic mass is 32.2. The van der Waals surface area contributed by atoms with Crippen LogP contribution >= 0.6 is 11.8 Å². The molecule has 1 amide bonds. The van der Waals surface area contributed by atoms with Crippen molar-refractivity contribution >= 4 is 23.4 Å². The fourth-order valence-corrected chi connectivity index (χ4v) is 3.71. The largest absolute Gasteiger partial charge is 0.383 e. The summed E-state index contributed by atoms with van der Waals surface area (Å²) >= 11 is 1.39. The molecule has 1 heterocycles. The van der Waals surface area contributed by atoms with Gasteiger partial charge < -0.3 is 14.6 Å². The first-order valence-electron chi connectivity index (χ1n) is 9.51. The Morgan fingerprint density at radius 2 is 1.93 bits per heavy atom. The van der Waals surface area contributed by atoms with Crippen LogP contribution in [0.25, 0.3) is 0 Å². The molecular weight excluding hydrogens is 384 g/mol. The molecule has 29 heavy (non-hydrogen) atoms. The number of hydrogen-bond donors (Lipinski definition) is 1. The molecule has 0 fully saturated rings. The van der Waals surface area contributed by atoms with Crippen LogP contribution in [0.15, 0.2) is 53.7 Å². The van der Waals surface area contributed by atoms with Crippen LogP contribution in [0.2, 0.25) is 0 Å². The number of aryl methyl sites for hydroxylation is 2. The summed E-state index contributed by atoms with van der Waals surface area (Å²) in [6.07, 6.45) is 0.687. The van der Waals surface area contributed by atoms with E-state index in [2.05, 4.69) is 27.6 Å². The number of hydrogen-bond acceptors (Lipinski definition) is 5. The van der Waals surface area contributed by atoms with E-state index in [9.17, 15) is 4.79 Å². The number of carbonyl (C=O) groups is 1. The molecule has 0 saturated carbocycles. The summed E-state index contributed by atoms with van der Waals surface area (Å²) in [6.45, 7) is 5.20. The Labute approximate surface area is 175 Å². The average Bonchev–Trinajstić information content (AvgIpc) is 3.09. The van der Waals surface area contributed by atoms with Crippen LogP contribution in [0.5, 0.6) is 0 Å². The van der Waals surface area contributed by atoms with Crippen LogP contribution in [0.3, 0.4) is 0 Å². The van der Waals surface area contributed by atoms with Gasteiger partial charge in [-0.05, 0) is 36.6 Å². The van der Waals surface area contributed by atoms with Gasteiger partial charge in [0.25, 0.3) is 0 Å². The first-order chi connectivity index (χ1) is 14.1. The van der Waals surface area contributed by atoms with Gasteiger partial charge in [-0.2, -0.15) is 0 Å². The van der Waals surface area contributed by atoms with E-state index in [-0.39, 0.29) is 11.7 Å². The molecule has 3 rings (SSSR count). The van der Waals surface area contributed by atoms with E-state index < -0.39 is 0 Å². The zero-order valence-electron chi connectivity index (χ0n) is 17.0. The number of nitrogens with one attached hydrogen (secondary N) is 1. The summed E-state index contributed by atoms with van der Waals surface area (Å²) in [5.74, 6) is 1.07. The Morgan fingerprint density at radius 1 is 1.14 bits per heavy atom. The molecule has 0 aliphatic rings. The molecule has 1 aromatic heterocycles. The number of carbonyl (C=O) groups excluding carboxylic acids is 1. The lowest BCUT2D eigenvalue weighted by atomic mass is 10.1. The topological polar surface area (TPSA) is 69.0 Å². The van der Waals surface area contributed by atoms with Gasteiger partial charge in [0, 0.05) is 25.8 Å². The number of rotatable bonds is 9. The minimum Gasteiger partial charge on any atom is -0.383 e. The second-order valence-corrected chi connectivity index (χ2v) is 7.80. The summed E-state index contributed by atoms with van der Waals surface area (Å²) in [6, 6.07) is 16.2. The molecule has 0 unspecified atom stereocenters. The third-order valence-electron chi connectivity index (χ3n) is 4.52. The van der Waals surface area contributed by atoms with E-state index in [1.54, 1.807) is 7.11 Å².